The molecular formula is C24H51NO6P+. The number of nitrogens with zero attached hydrogens (tertiary/aromatic N) is 1. The van der Waals surface area contributed by atoms with Crippen LogP contribution in [0.15, 0.2) is 12.2 Å². The Morgan fingerprint density at radius 2 is 1.38 bits per heavy atom. The lowest BCUT2D eigenvalue weighted by molar-refractivity contribution is -0.870. The summed E-state index contributed by atoms with van der Waals surface area (Å²) in [6.45, 7) is 3.31. The van der Waals surface area contributed by atoms with E-state index in [9.17, 15) is 14.6 Å². The quantitative estimate of drug-likeness (QED) is 0.0874. The third-order valence-corrected chi connectivity index (χ3v) is 6.04. The van der Waals surface area contributed by atoms with E-state index in [2.05, 4.69) is 19.1 Å². The van der Waals surface area contributed by atoms with Gasteiger partial charge in [0.1, 0.15) is 19.3 Å². The van der Waals surface area contributed by atoms with Crippen molar-refractivity contribution in [3.8, 4) is 0 Å². The van der Waals surface area contributed by atoms with Crippen LogP contribution in [0.2, 0.25) is 0 Å². The number of aliphatic hydroxyl groups is 1. The van der Waals surface area contributed by atoms with Crippen molar-refractivity contribution in [3.63, 3.8) is 0 Å². The molecule has 0 fully saturated rings. The molecule has 0 aliphatic rings. The highest BCUT2D eigenvalue weighted by Crippen LogP contribution is 2.43. The predicted octanol–water partition coefficient (Wildman–Crippen LogP) is 5.46. The van der Waals surface area contributed by atoms with Gasteiger partial charge in [-0.25, -0.2) is 4.57 Å². The molecule has 8 heteroatoms. The highest BCUT2D eigenvalue weighted by Gasteiger charge is 2.24. The van der Waals surface area contributed by atoms with Crippen LogP contribution in [0.5, 0.6) is 0 Å². The van der Waals surface area contributed by atoms with E-state index in [0.29, 0.717) is 17.6 Å². The Labute approximate surface area is 197 Å². The fourth-order valence-corrected chi connectivity index (χ4v) is 3.75. The van der Waals surface area contributed by atoms with Crippen LogP contribution < -0.4 is 0 Å². The van der Waals surface area contributed by atoms with Crippen LogP contribution >= 0.6 is 7.82 Å². The van der Waals surface area contributed by atoms with Crippen LogP contribution in [-0.4, -0.2) is 74.7 Å². The van der Waals surface area contributed by atoms with Crippen LogP contribution in [0.3, 0.4) is 0 Å². The SMILES string of the molecule is CCCC/C=C\CCCCCCCCCCOC[C@@H](O)COP(=O)(O)OCC[N+](C)(C)C. The molecule has 0 amide bonds. The first kappa shape index (κ1) is 31.7. The van der Waals surface area contributed by atoms with Crippen molar-refractivity contribution in [1.29, 1.82) is 0 Å². The number of ether oxygens (including phenoxy) is 1. The van der Waals surface area contributed by atoms with Gasteiger partial charge in [0.05, 0.1) is 34.4 Å². The lowest BCUT2D eigenvalue weighted by Gasteiger charge is -2.24. The molecule has 192 valence electrons. The van der Waals surface area contributed by atoms with Crippen molar-refractivity contribution in [3.05, 3.63) is 12.2 Å². The van der Waals surface area contributed by atoms with Gasteiger partial charge in [-0.05, 0) is 25.7 Å². The summed E-state index contributed by atoms with van der Waals surface area (Å²) in [5, 5.41) is 9.84. The first-order valence-corrected chi connectivity index (χ1v) is 14.0. The minimum atomic E-state index is -4.14. The van der Waals surface area contributed by atoms with Crippen molar-refractivity contribution in [2.75, 3.05) is 54.1 Å². The normalized spacial score (nSPS) is 15.3. The molecule has 2 N–H and O–H groups in total. The molecule has 7 nitrogen and oxygen atoms in total. The summed E-state index contributed by atoms with van der Waals surface area (Å²) in [5.41, 5.74) is 0. The smallest absolute Gasteiger partial charge is 0.388 e. The molecule has 0 bridgehead atoms. The summed E-state index contributed by atoms with van der Waals surface area (Å²) in [4.78, 5) is 9.62. The molecular weight excluding hydrogens is 429 g/mol. The Morgan fingerprint density at radius 1 is 0.812 bits per heavy atom. The second-order valence-corrected chi connectivity index (χ2v) is 11.0. The van der Waals surface area contributed by atoms with Gasteiger partial charge in [-0.3, -0.25) is 9.05 Å². The summed E-state index contributed by atoms with van der Waals surface area (Å²) in [6, 6.07) is 0. The number of hydrogen-bond acceptors (Lipinski definition) is 5. The van der Waals surface area contributed by atoms with E-state index in [0.717, 1.165) is 12.8 Å². The second kappa shape index (κ2) is 20.1. The lowest BCUT2D eigenvalue weighted by atomic mass is 10.1. The van der Waals surface area contributed by atoms with E-state index in [1.165, 1.54) is 64.2 Å². The maximum absolute atomic E-state index is 11.8. The summed E-state index contributed by atoms with van der Waals surface area (Å²) in [6.07, 6.45) is 18.5. The minimum Gasteiger partial charge on any atom is -0.388 e. The molecule has 0 heterocycles. The number of allylic oxidation sites excluding steroid dienone is 2. The van der Waals surface area contributed by atoms with Crippen molar-refractivity contribution in [2.24, 2.45) is 0 Å². The maximum Gasteiger partial charge on any atom is 0.472 e. The number of aliphatic hydroxyl groups excluding tert-OH is 1. The molecule has 0 aliphatic carbocycles. The van der Waals surface area contributed by atoms with Gasteiger partial charge in [0, 0.05) is 6.61 Å². The molecule has 0 saturated carbocycles. The van der Waals surface area contributed by atoms with E-state index in [1.54, 1.807) is 0 Å². The lowest BCUT2D eigenvalue weighted by Crippen LogP contribution is -2.37. The zero-order valence-electron chi connectivity index (χ0n) is 21.2. The largest absolute Gasteiger partial charge is 0.472 e. The first-order chi connectivity index (χ1) is 15.2. The number of quaternary nitrogens is 1. The molecule has 0 saturated heterocycles. The summed E-state index contributed by atoms with van der Waals surface area (Å²) < 4.78 is 27.6. The standard InChI is InChI=1S/C24H50NO6P/c1-5-6-7-8-9-10-11-12-13-14-15-16-17-18-20-29-22-24(26)23-31-32(27,28)30-21-19-25(2,3)4/h8-9,24,26H,5-7,10-23H2,1-4H3/p+1/b9-8-/t24-/m1/s1. The Balaban J connectivity index is 3.44. The van der Waals surface area contributed by atoms with Gasteiger partial charge in [0.25, 0.3) is 0 Å². The molecule has 1 unspecified atom stereocenters. The van der Waals surface area contributed by atoms with Crippen molar-refractivity contribution < 1.29 is 32.8 Å². The Hall–Kier alpha value is -0.270. The molecule has 32 heavy (non-hydrogen) atoms. The number of phosphoric ester groups is 1. The van der Waals surface area contributed by atoms with Crippen LogP contribution in [0.4, 0.5) is 0 Å². The number of rotatable bonds is 23. The zero-order valence-corrected chi connectivity index (χ0v) is 22.1. The Bertz CT molecular complexity index is 495. The van der Waals surface area contributed by atoms with Crippen LogP contribution in [-0.2, 0) is 18.3 Å². The molecule has 0 aromatic carbocycles. The minimum absolute atomic E-state index is 0.0891. The van der Waals surface area contributed by atoms with E-state index in [1.807, 2.05) is 21.1 Å². The van der Waals surface area contributed by atoms with Gasteiger partial charge in [-0.1, -0.05) is 70.4 Å². The van der Waals surface area contributed by atoms with E-state index in [-0.39, 0.29) is 19.8 Å². The van der Waals surface area contributed by atoms with Gasteiger partial charge in [0.15, 0.2) is 0 Å². The molecule has 0 aromatic heterocycles. The molecule has 2 atom stereocenters. The maximum atomic E-state index is 11.8. The third-order valence-electron chi connectivity index (χ3n) is 5.06. The average molecular weight is 481 g/mol. The molecule has 0 rings (SSSR count). The highest BCUT2D eigenvalue weighted by molar-refractivity contribution is 7.47. The van der Waals surface area contributed by atoms with E-state index >= 15 is 0 Å². The van der Waals surface area contributed by atoms with Gasteiger partial charge >= 0.3 is 7.82 Å². The summed E-state index contributed by atoms with van der Waals surface area (Å²) in [7, 11) is 1.75. The van der Waals surface area contributed by atoms with Crippen molar-refractivity contribution in [2.45, 2.75) is 90.1 Å². The fraction of sp³-hybridized carbons (Fsp3) is 0.917. The fourth-order valence-electron chi connectivity index (χ4n) is 3.00. The van der Waals surface area contributed by atoms with E-state index < -0.39 is 13.9 Å². The topological polar surface area (TPSA) is 85.2 Å². The van der Waals surface area contributed by atoms with Crippen LogP contribution in [0.25, 0.3) is 0 Å². The molecule has 0 spiro atoms. The van der Waals surface area contributed by atoms with Gasteiger partial charge in [-0.15, -0.1) is 0 Å². The second-order valence-electron chi connectivity index (χ2n) is 9.57. The average Bonchev–Trinajstić information content (AvgIpc) is 2.71. The van der Waals surface area contributed by atoms with Crippen LogP contribution in [0, 0.1) is 0 Å². The van der Waals surface area contributed by atoms with Gasteiger partial charge in [0.2, 0.25) is 0 Å². The van der Waals surface area contributed by atoms with Gasteiger partial charge < -0.3 is 19.2 Å². The van der Waals surface area contributed by atoms with Crippen molar-refractivity contribution in [1.82, 2.24) is 0 Å². The van der Waals surface area contributed by atoms with E-state index in [4.69, 9.17) is 13.8 Å². The van der Waals surface area contributed by atoms with Crippen molar-refractivity contribution >= 4 is 7.82 Å². The Morgan fingerprint density at radius 3 is 1.97 bits per heavy atom. The molecule has 0 aliphatic heterocycles. The summed E-state index contributed by atoms with van der Waals surface area (Å²) >= 11 is 0. The number of likely N-dealkylation sites (N-methyl/N-ethyl adjacent to an activating group) is 1. The third kappa shape index (κ3) is 24.4. The number of phosphoric acid groups is 1. The predicted molar refractivity (Wildman–Crippen MR) is 132 cm³/mol. The zero-order chi connectivity index (χ0) is 24.1. The van der Waals surface area contributed by atoms with Gasteiger partial charge in [-0.2, -0.15) is 0 Å². The first-order valence-electron chi connectivity index (χ1n) is 12.5. The monoisotopic (exact) mass is 480 g/mol. The van der Waals surface area contributed by atoms with Crippen LogP contribution in [0.1, 0.15) is 84.0 Å². The Kier molecular flexibility index (Phi) is 20.0. The number of hydrogen-bond donors (Lipinski definition) is 2. The number of unbranched alkanes of at least 4 members (excludes halogenated alkanes) is 10. The molecule has 0 radical (unpaired) electrons. The summed E-state index contributed by atoms with van der Waals surface area (Å²) in [5.74, 6) is 0. The molecule has 0 aromatic rings. The highest BCUT2D eigenvalue weighted by atomic mass is 31.2.